The highest BCUT2D eigenvalue weighted by atomic mass is 35.5. The van der Waals surface area contributed by atoms with Crippen molar-refractivity contribution in [1.82, 2.24) is 5.32 Å². The normalized spacial score (nSPS) is 23.6. The summed E-state index contributed by atoms with van der Waals surface area (Å²) in [6, 6.07) is 14.3. The third-order valence-corrected chi connectivity index (χ3v) is 8.18. The number of hydrogen-bond acceptors (Lipinski definition) is 4. The molecule has 10 heteroatoms. The van der Waals surface area contributed by atoms with E-state index in [9.17, 15) is 14.4 Å². The van der Waals surface area contributed by atoms with Gasteiger partial charge in [0.25, 0.3) is 0 Å². The first-order valence-electron chi connectivity index (χ1n) is 12.8. The number of hydrogen-bond donors (Lipinski definition) is 4. The summed E-state index contributed by atoms with van der Waals surface area (Å²) in [4.78, 5) is 39.6. The maximum Gasteiger partial charge on any atom is 0.248 e. The summed E-state index contributed by atoms with van der Waals surface area (Å²) in [6.45, 7) is 6.13. The van der Waals surface area contributed by atoms with Crippen LogP contribution < -0.4 is 21.7 Å². The molecule has 0 radical (unpaired) electrons. The summed E-state index contributed by atoms with van der Waals surface area (Å²) in [5.41, 5.74) is 5.74. The van der Waals surface area contributed by atoms with Crippen molar-refractivity contribution in [3.8, 4) is 0 Å². The molecule has 2 aliphatic heterocycles. The first-order chi connectivity index (χ1) is 18.8. The highest BCUT2D eigenvalue weighted by molar-refractivity contribution is 6.31. The fourth-order valence-electron chi connectivity index (χ4n) is 6.09. The maximum absolute atomic E-state index is 15.8. The van der Waals surface area contributed by atoms with Gasteiger partial charge in [0, 0.05) is 33.9 Å². The fraction of sp³-hybridized carbons (Fsp3) is 0.300. The number of benzene rings is 3. The Morgan fingerprint density at radius 2 is 1.77 bits per heavy atom. The van der Waals surface area contributed by atoms with Crippen LogP contribution in [-0.2, 0) is 15.0 Å². The van der Waals surface area contributed by atoms with Gasteiger partial charge in [-0.1, -0.05) is 62.2 Å². The van der Waals surface area contributed by atoms with E-state index >= 15 is 4.39 Å². The fourth-order valence-corrected chi connectivity index (χ4v) is 6.44. The molecule has 4 atom stereocenters. The van der Waals surface area contributed by atoms with Gasteiger partial charge >= 0.3 is 0 Å². The quantitative estimate of drug-likeness (QED) is 0.312. The van der Waals surface area contributed by atoms with Gasteiger partial charge in [-0.05, 0) is 65.4 Å². The highest BCUT2D eigenvalue weighted by Crippen LogP contribution is 2.57. The Balaban J connectivity index is 1.69. The van der Waals surface area contributed by atoms with E-state index < -0.39 is 41.0 Å². The van der Waals surface area contributed by atoms with Gasteiger partial charge < -0.3 is 21.7 Å². The third kappa shape index (κ3) is 4.74. The van der Waals surface area contributed by atoms with Crippen LogP contribution in [0.25, 0.3) is 0 Å². The first kappa shape index (κ1) is 28.1. The van der Waals surface area contributed by atoms with Gasteiger partial charge in [0.05, 0.1) is 11.1 Å². The van der Waals surface area contributed by atoms with E-state index in [1.54, 1.807) is 42.5 Å². The number of carbonyl (C=O) groups excluding carboxylic acids is 3. The van der Waals surface area contributed by atoms with Crippen LogP contribution in [0.2, 0.25) is 10.0 Å². The van der Waals surface area contributed by atoms with Crippen LogP contribution in [0.3, 0.4) is 0 Å². The maximum atomic E-state index is 15.8. The largest absolute Gasteiger partial charge is 0.366 e. The van der Waals surface area contributed by atoms with Crippen LogP contribution in [0, 0.1) is 11.2 Å². The molecule has 3 amide bonds. The Kier molecular flexibility index (Phi) is 7.15. The second-order valence-corrected chi connectivity index (χ2v) is 12.4. The monoisotopic (exact) mass is 582 g/mol. The number of rotatable bonds is 5. The van der Waals surface area contributed by atoms with Crippen molar-refractivity contribution < 1.29 is 18.8 Å². The SMILES string of the molecule is CC(C)(C)C[C@@H]1N[C@@H](C(=O)Nc2ccc(C(N)=O)cc2)[C@@H](c2cccc(Cl)c2F)C12C(=O)Nc1cc(Cl)ccc12. The van der Waals surface area contributed by atoms with Crippen LogP contribution in [0.4, 0.5) is 15.8 Å². The van der Waals surface area contributed by atoms with E-state index in [1.165, 1.54) is 18.2 Å². The predicted octanol–water partition coefficient (Wildman–Crippen LogP) is 5.62. The van der Waals surface area contributed by atoms with E-state index in [2.05, 4.69) is 16.0 Å². The van der Waals surface area contributed by atoms with E-state index in [0.29, 0.717) is 28.4 Å². The van der Waals surface area contributed by atoms with Crippen molar-refractivity contribution in [3.05, 3.63) is 93.2 Å². The molecule has 3 aromatic carbocycles. The molecule has 1 fully saturated rings. The Hall–Kier alpha value is -3.46. The molecule has 2 aliphatic rings. The average Bonchev–Trinajstić information content (AvgIpc) is 3.35. The minimum atomic E-state index is -1.35. The molecule has 208 valence electrons. The van der Waals surface area contributed by atoms with Gasteiger partial charge in [-0.15, -0.1) is 0 Å². The van der Waals surface area contributed by atoms with E-state index in [1.807, 2.05) is 20.8 Å². The predicted molar refractivity (Wildman–Crippen MR) is 154 cm³/mol. The molecular formula is C30H29Cl2FN4O3. The standard InChI is InChI=1S/C30H29Cl2FN4O3/c1-29(2,3)14-22-30(19-12-9-16(31)13-21(19)36-28(30)40)23(18-5-4-6-20(32)24(18)33)25(37-22)27(39)35-17-10-7-15(8-11-17)26(34)38/h4-13,22-23,25,37H,14H2,1-3H3,(H2,34,38)(H,35,39)(H,36,40)/t22-,23+,25+,30?/m0/s1. The number of nitrogens with two attached hydrogens (primary N) is 1. The molecule has 1 spiro atoms. The molecule has 40 heavy (non-hydrogen) atoms. The highest BCUT2D eigenvalue weighted by Gasteiger charge is 2.66. The number of nitrogens with one attached hydrogen (secondary N) is 3. The zero-order valence-corrected chi connectivity index (χ0v) is 23.7. The van der Waals surface area contributed by atoms with Crippen molar-refractivity contribution in [3.63, 3.8) is 0 Å². The lowest BCUT2D eigenvalue weighted by Gasteiger charge is -2.37. The zero-order chi connectivity index (χ0) is 29.0. The van der Waals surface area contributed by atoms with Crippen LogP contribution in [0.15, 0.2) is 60.7 Å². The molecule has 1 unspecified atom stereocenters. The van der Waals surface area contributed by atoms with Gasteiger partial charge in [0.1, 0.15) is 11.2 Å². The molecule has 1 saturated heterocycles. The molecule has 0 aliphatic carbocycles. The molecule has 3 aromatic rings. The Morgan fingerprint density at radius 3 is 2.42 bits per heavy atom. The smallest absolute Gasteiger partial charge is 0.248 e. The average molecular weight is 583 g/mol. The van der Waals surface area contributed by atoms with Gasteiger partial charge in [-0.3, -0.25) is 14.4 Å². The zero-order valence-electron chi connectivity index (χ0n) is 22.1. The van der Waals surface area contributed by atoms with Gasteiger partial charge in [0.15, 0.2) is 0 Å². The Labute approximate surface area is 241 Å². The minimum absolute atomic E-state index is 0.108. The number of anilines is 2. The van der Waals surface area contributed by atoms with Crippen LogP contribution in [-0.4, -0.2) is 29.8 Å². The van der Waals surface area contributed by atoms with E-state index in [-0.39, 0.29) is 27.5 Å². The van der Waals surface area contributed by atoms with E-state index in [4.69, 9.17) is 28.9 Å². The second kappa shape index (κ2) is 10.2. The Morgan fingerprint density at radius 1 is 1.07 bits per heavy atom. The van der Waals surface area contributed by atoms with Gasteiger partial charge in [0.2, 0.25) is 17.7 Å². The summed E-state index contributed by atoms with van der Waals surface area (Å²) in [6.07, 6.45) is 0.498. The molecule has 0 saturated carbocycles. The summed E-state index contributed by atoms with van der Waals surface area (Å²) in [5, 5.41) is 9.56. The van der Waals surface area contributed by atoms with Crippen LogP contribution in [0.5, 0.6) is 0 Å². The molecule has 5 rings (SSSR count). The molecule has 0 bridgehead atoms. The molecule has 5 N–H and O–H groups in total. The van der Waals surface area contributed by atoms with E-state index in [0.717, 1.165) is 0 Å². The number of amides is 3. The molecule has 2 heterocycles. The summed E-state index contributed by atoms with van der Waals surface area (Å²) in [5.74, 6) is -3.07. The summed E-state index contributed by atoms with van der Waals surface area (Å²) in [7, 11) is 0. The van der Waals surface area contributed by atoms with Crippen molar-refractivity contribution in [2.75, 3.05) is 10.6 Å². The number of halogens is 3. The summed E-state index contributed by atoms with van der Waals surface area (Å²) >= 11 is 12.5. The van der Waals surface area contributed by atoms with Crippen molar-refractivity contribution in [1.29, 1.82) is 0 Å². The molecule has 0 aromatic heterocycles. The molecular weight excluding hydrogens is 554 g/mol. The van der Waals surface area contributed by atoms with Crippen molar-refractivity contribution >= 4 is 52.3 Å². The van der Waals surface area contributed by atoms with Crippen LogP contribution >= 0.6 is 23.2 Å². The number of primary amides is 1. The summed E-state index contributed by atoms with van der Waals surface area (Å²) < 4.78 is 15.8. The minimum Gasteiger partial charge on any atom is -0.366 e. The lowest BCUT2D eigenvalue weighted by molar-refractivity contribution is -0.122. The first-order valence-corrected chi connectivity index (χ1v) is 13.6. The van der Waals surface area contributed by atoms with Gasteiger partial charge in [-0.25, -0.2) is 4.39 Å². The number of carbonyl (C=O) groups is 3. The topological polar surface area (TPSA) is 113 Å². The molecule has 7 nitrogen and oxygen atoms in total. The Bertz CT molecular complexity index is 1520. The number of fused-ring (bicyclic) bond motifs is 2. The lowest BCUT2D eigenvalue weighted by atomic mass is 9.62. The van der Waals surface area contributed by atoms with Crippen LogP contribution in [0.1, 0.15) is 54.6 Å². The van der Waals surface area contributed by atoms with Crippen molar-refractivity contribution in [2.24, 2.45) is 11.1 Å². The van der Waals surface area contributed by atoms with Gasteiger partial charge in [-0.2, -0.15) is 0 Å². The second-order valence-electron chi connectivity index (χ2n) is 11.5. The third-order valence-electron chi connectivity index (χ3n) is 7.66. The lowest BCUT2D eigenvalue weighted by Crippen LogP contribution is -2.49. The van der Waals surface area contributed by atoms with Crippen molar-refractivity contribution in [2.45, 2.75) is 50.6 Å².